The Kier molecular flexibility index (Phi) is 3.44. The third-order valence-corrected chi connectivity index (χ3v) is 5.51. The molecule has 0 saturated carbocycles. The van der Waals surface area contributed by atoms with E-state index in [0.29, 0.717) is 17.6 Å². The van der Waals surface area contributed by atoms with Crippen LogP contribution in [0.5, 0.6) is 0 Å². The van der Waals surface area contributed by atoms with Crippen molar-refractivity contribution in [3.63, 3.8) is 0 Å². The van der Waals surface area contributed by atoms with Gasteiger partial charge in [-0.1, -0.05) is 5.21 Å². The zero-order valence-corrected chi connectivity index (χ0v) is 15.4. The Morgan fingerprint density at radius 1 is 1.30 bits per heavy atom. The standard InChI is InChI=1S/C16H15N9OS/c1-23-7-10(21-22-23)8-25-16(26)13-11(6-18-25)14-15(24(13)2)19-12(27-14)5-9-3-4-17-20-9/h3-4,6-7H,5,8H2,1-2H3,(H,17,20). The molecule has 27 heavy (non-hydrogen) atoms. The minimum atomic E-state index is -0.166. The maximum absolute atomic E-state index is 13.0. The number of nitrogens with zero attached hydrogens (tertiary/aromatic N) is 8. The third kappa shape index (κ3) is 2.54. The summed E-state index contributed by atoms with van der Waals surface area (Å²) in [6, 6.07) is 1.93. The van der Waals surface area contributed by atoms with Gasteiger partial charge < -0.3 is 4.57 Å². The van der Waals surface area contributed by atoms with E-state index in [-0.39, 0.29) is 12.1 Å². The van der Waals surface area contributed by atoms with Crippen LogP contribution in [0.4, 0.5) is 0 Å². The average Bonchev–Trinajstić information content (AvgIpc) is 3.40. The van der Waals surface area contributed by atoms with Crippen molar-refractivity contribution in [2.45, 2.75) is 13.0 Å². The van der Waals surface area contributed by atoms with Gasteiger partial charge in [-0.15, -0.1) is 16.4 Å². The number of hydrogen-bond acceptors (Lipinski definition) is 7. The van der Waals surface area contributed by atoms with Crippen LogP contribution in [-0.4, -0.2) is 44.5 Å². The first kappa shape index (κ1) is 15.9. The highest BCUT2D eigenvalue weighted by molar-refractivity contribution is 7.19. The largest absolute Gasteiger partial charge is 0.323 e. The summed E-state index contributed by atoms with van der Waals surface area (Å²) in [5.41, 5.74) is 2.91. The molecule has 0 unspecified atom stereocenters. The number of aromatic nitrogens is 9. The van der Waals surface area contributed by atoms with Crippen LogP contribution in [0.25, 0.3) is 21.3 Å². The normalized spacial score (nSPS) is 11.8. The molecule has 10 nitrogen and oxygen atoms in total. The molecule has 0 aromatic carbocycles. The summed E-state index contributed by atoms with van der Waals surface area (Å²) in [6.07, 6.45) is 5.90. The van der Waals surface area contributed by atoms with Crippen LogP contribution < -0.4 is 5.56 Å². The molecule has 0 fully saturated rings. The molecule has 0 aliphatic carbocycles. The van der Waals surface area contributed by atoms with E-state index < -0.39 is 0 Å². The van der Waals surface area contributed by atoms with Gasteiger partial charge in [0.25, 0.3) is 5.56 Å². The number of aryl methyl sites for hydroxylation is 2. The van der Waals surface area contributed by atoms with Crippen molar-refractivity contribution < 1.29 is 0 Å². The highest BCUT2D eigenvalue weighted by Gasteiger charge is 2.18. The SMILES string of the molecule is Cn1cc(Cn2ncc3c4sc(Cc5ccn[nH]5)nc4n(C)c3c2=O)nn1. The first-order valence-corrected chi connectivity index (χ1v) is 9.09. The topological polar surface area (TPSA) is 112 Å². The van der Waals surface area contributed by atoms with Gasteiger partial charge >= 0.3 is 0 Å². The van der Waals surface area contributed by atoms with Gasteiger partial charge in [0.15, 0.2) is 5.65 Å². The van der Waals surface area contributed by atoms with Crippen LogP contribution >= 0.6 is 11.3 Å². The first-order chi connectivity index (χ1) is 13.1. The van der Waals surface area contributed by atoms with Gasteiger partial charge in [0.1, 0.15) is 16.2 Å². The van der Waals surface area contributed by atoms with Crippen molar-refractivity contribution in [1.29, 1.82) is 0 Å². The summed E-state index contributed by atoms with van der Waals surface area (Å²) >= 11 is 1.57. The second-order valence-electron chi connectivity index (χ2n) is 6.33. The molecule has 0 aliphatic heterocycles. The number of nitrogens with one attached hydrogen (secondary N) is 1. The van der Waals surface area contributed by atoms with E-state index >= 15 is 0 Å². The highest BCUT2D eigenvalue weighted by Crippen LogP contribution is 2.31. The van der Waals surface area contributed by atoms with Crippen molar-refractivity contribution in [2.75, 3.05) is 0 Å². The Labute approximate surface area is 156 Å². The molecule has 0 atom stereocenters. The fraction of sp³-hybridized carbons (Fsp3) is 0.250. The zero-order valence-electron chi connectivity index (χ0n) is 14.6. The van der Waals surface area contributed by atoms with Gasteiger partial charge in [0.2, 0.25) is 0 Å². The lowest BCUT2D eigenvalue weighted by molar-refractivity contribution is 0.630. The molecule has 5 aromatic rings. The molecule has 1 N–H and O–H groups in total. The van der Waals surface area contributed by atoms with Gasteiger partial charge in [-0.25, -0.2) is 9.67 Å². The quantitative estimate of drug-likeness (QED) is 0.494. The van der Waals surface area contributed by atoms with E-state index in [1.807, 2.05) is 17.7 Å². The van der Waals surface area contributed by atoms with Crippen molar-refractivity contribution >= 4 is 32.6 Å². The van der Waals surface area contributed by atoms with Crippen LogP contribution in [0, 0.1) is 0 Å². The van der Waals surface area contributed by atoms with Crippen molar-refractivity contribution in [3.8, 4) is 0 Å². The fourth-order valence-corrected chi connectivity index (χ4v) is 4.32. The average molecular weight is 381 g/mol. The Bertz CT molecular complexity index is 1320. The lowest BCUT2D eigenvalue weighted by Gasteiger charge is -2.03. The summed E-state index contributed by atoms with van der Waals surface area (Å²) in [6.45, 7) is 0.278. The van der Waals surface area contributed by atoms with Gasteiger partial charge in [-0.3, -0.25) is 14.6 Å². The molecule has 0 radical (unpaired) electrons. The summed E-state index contributed by atoms with van der Waals surface area (Å²) in [5, 5.41) is 20.9. The third-order valence-electron chi connectivity index (χ3n) is 4.43. The van der Waals surface area contributed by atoms with Crippen LogP contribution in [-0.2, 0) is 27.1 Å². The molecule has 136 valence electrons. The lowest BCUT2D eigenvalue weighted by Crippen LogP contribution is -2.24. The van der Waals surface area contributed by atoms with E-state index in [2.05, 4.69) is 25.6 Å². The number of hydrogen-bond donors (Lipinski definition) is 1. The summed E-state index contributed by atoms with van der Waals surface area (Å²) in [5.74, 6) is 0. The monoisotopic (exact) mass is 381 g/mol. The second-order valence-corrected chi connectivity index (χ2v) is 7.41. The zero-order chi connectivity index (χ0) is 18.5. The molecule has 0 saturated heterocycles. The number of aromatic amines is 1. The van der Waals surface area contributed by atoms with E-state index in [9.17, 15) is 4.79 Å². The number of fused-ring (bicyclic) bond motifs is 3. The summed E-state index contributed by atoms with van der Waals surface area (Å²) in [7, 11) is 3.64. The van der Waals surface area contributed by atoms with Crippen LogP contribution in [0.2, 0.25) is 0 Å². The molecule has 0 amide bonds. The highest BCUT2D eigenvalue weighted by atomic mass is 32.1. The van der Waals surface area contributed by atoms with Crippen molar-refractivity contribution in [1.82, 2.24) is 44.5 Å². The van der Waals surface area contributed by atoms with Gasteiger partial charge in [-0.2, -0.15) is 10.2 Å². The second kappa shape index (κ2) is 5.84. The molecule has 0 aliphatic rings. The number of rotatable bonds is 4. The predicted octanol–water partition coefficient (Wildman–Crippen LogP) is 0.835. The summed E-state index contributed by atoms with van der Waals surface area (Å²) < 4.78 is 5.82. The van der Waals surface area contributed by atoms with Crippen LogP contribution in [0.3, 0.4) is 0 Å². The molecule has 0 spiro atoms. The molecular weight excluding hydrogens is 366 g/mol. The Morgan fingerprint density at radius 3 is 2.93 bits per heavy atom. The van der Waals surface area contributed by atoms with Crippen molar-refractivity contribution in [3.05, 3.63) is 51.4 Å². The maximum atomic E-state index is 13.0. The Morgan fingerprint density at radius 2 is 2.19 bits per heavy atom. The fourth-order valence-electron chi connectivity index (χ4n) is 3.19. The minimum absolute atomic E-state index is 0.166. The molecule has 5 rings (SSSR count). The number of H-pyrrole nitrogens is 1. The smallest absolute Gasteiger partial charge is 0.291 e. The van der Waals surface area contributed by atoms with E-state index in [4.69, 9.17) is 4.98 Å². The van der Waals surface area contributed by atoms with E-state index in [0.717, 1.165) is 26.4 Å². The Hall–Kier alpha value is -3.34. The molecular formula is C16H15N9OS. The van der Waals surface area contributed by atoms with Gasteiger partial charge in [0.05, 0.1) is 23.6 Å². The minimum Gasteiger partial charge on any atom is -0.323 e. The molecule has 5 heterocycles. The number of thiazole rings is 1. The van der Waals surface area contributed by atoms with E-state index in [1.165, 1.54) is 4.68 Å². The van der Waals surface area contributed by atoms with Gasteiger partial charge in [0, 0.05) is 37.8 Å². The molecule has 5 aromatic heterocycles. The predicted molar refractivity (Wildman–Crippen MR) is 99.7 cm³/mol. The molecule has 0 bridgehead atoms. The van der Waals surface area contributed by atoms with Crippen molar-refractivity contribution in [2.24, 2.45) is 14.1 Å². The van der Waals surface area contributed by atoms with Crippen LogP contribution in [0.15, 0.2) is 29.5 Å². The van der Waals surface area contributed by atoms with E-state index in [1.54, 1.807) is 41.7 Å². The first-order valence-electron chi connectivity index (χ1n) is 8.27. The molecule has 11 heteroatoms. The van der Waals surface area contributed by atoms with Crippen LogP contribution in [0.1, 0.15) is 16.4 Å². The summed E-state index contributed by atoms with van der Waals surface area (Å²) in [4.78, 5) is 17.7. The van der Waals surface area contributed by atoms with Gasteiger partial charge in [-0.05, 0) is 6.07 Å². The Balaban J connectivity index is 1.60. The maximum Gasteiger partial charge on any atom is 0.291 e. The lowest BCUT2D eigenvalue weighted by atomic mass is 10.3.